The van der Waals surface area contributed by atoms with Crippen molar-refractivity contribution in [3.8, 4) is 0 Å². The number of nitrogens with zero attached hydrogens (tertiary/aromatic N) is 3. The number of carboxylic acids is 2. The average molecular weight is 534 g/mol. The van der Waals surface area contributed by atoms with Crippen molar-refractivity contribution >= 4 is 29.1 Å². The van der Waals surface area contributed by atoms with Crippen molar-refractivity contribution in [1.82, 2.24) is 19.5 Å². The fourth-order valence-corrected chi connectivity index (χ4v) is 6.23. The Bertz CT molecular complexity index is 1170. The van der Waals surface area contributed by atoms with Gasteiger partial charge in [0.25, 0.3) is 5.56 Å². The van der Waals surface area contributed by atoms with Crippen LogP contribution in [0.2, 0.25) is 0 Å². The van der Waals surface area contributed by atoms with Gasteiger partial charge >= 0.3 is 11.9 Å². The van der Waals surface area contributed by atoms with E-state index in [-0.39, 0.29) is 35.7 Å². The van der Waals surface area contributed by atoms with Crippen LogP contribution in [-0.2, 0) is 21.1 Å². The molecule has 0 spiro atoms. The zero-order chi connectivity index (χ0) is 27.5. The fraction of sp³-hybridized carbons (Fsp3) is 0.720. The molecule has 38 heavy (non-hydrogen) atoms. The van der Waals surface area contributed by atoms with Crippen LogP contribution < -0.4 is 22.8 Å². The van der Waals surface area contributed by atoms with Crippen molar-refractivity contribution in [3.63, 3.8) is 0 Å². The highest BCUT2D eigenvalue weighted by atomic mass is 16.5. The van der Waals surface area contributed by atoms with Crippen molar-refractivity contribution in [2.24, 2.45) is 23.3 Å². The summed E-state index contributed by atoms with van der Waals surface area (Å²) in [4.78, 5) is 47.4. The van der Waals surface area contributed by atoms with Gasteiger partial charge in [0.1, 0.15) is 17.8 Å². The van der Waals surface area contributed by atoms with Crippen molar-refractivity contribution in [2.75, 3.05) is 5.73 Å². The molecule has 13 nitrogen and oxygen atoms in total. The smallest absolute Gasteiger partial charge is 0.323 e. The molecule has 0 bridgehead atoms. The van der Waals surface area contributed by atoms with Gasteiger partial charge in [-0.3, -0.25) is 23.9 Å². The van der Waals surface area contributed by atoms with E-state index in [1.165, 1.54) is 6.33 Å². The number of carboxylic acid groups (broad SMARTS) is 2. The SMILES string of the molecule is Nc1nc2c(ncn2COC(CC2CCCCCC2(N)C(=O)O)CC2CCCCCC2(N)C(=O)O)c(=O)[nH]1. The van der Waals surface area contributed by atoms with Crippen LogP contribution in [0.1, 0.15) is 77.0 Å². The van der Waals surface area contributed by atoms with Crippen LogP contribution in [0.4, 0.5) is 5.95 Å². The first-order valence-corrected chi connectivity index (χ1v) is 13.4. The number of H-pyrrole nitrogens is 1. The lowest BCUT2D eigenvalue weighted by atomic mass is 9.73. The minimum Gasteiger partial charge on any atom is -0.480 e. The summed E-state index contributed by atoms with van der Waals surface area (Å²) >= 11 is 0. The molecule has 13 heteroatoms. The van der Waals surface area contributed by atoms with Gasteiger partial charge in [0.15, 0.2) is 11.2 Å². The van der Waals surface area contributed by atoms with Crippen LogP contribution in [0.5, 0.6) is 0 Å². The topological polar surface area (TPSA) is 225 Å². The molecule has 2 saturated carbocycles. The van der Waals surface area contributed by atoms with Crippen LogP contribution in [0.15, 0.2) is 11.1 Å². The van der Waals surface area contributed by atoms with Gasteiger partial charge in [0, 0.05) is 0 Å². The Hall–Kier alpha value is -3.03. The van der Waals surface area contributed by atoms with E-state index in [1.807, 2.05) is 0 Å². The summed E-state index contributed by atoms with van der Waals surface area (Å²) in [6, 6.07) is 0. The highest BCUT2D eigenvalue weighted by Crippen LogP contribution is 2.39. The standard InChI is InChI=1S/C25H39N7O6/c26-23-30-19-18(20(33)31-23)29-13-32(19)14-38-17(11-15-7-3-1-5-9-24(15,27)21(34)35)12-16-8-4-2-6-10-25(16,28)22(36)37/h13,15-17H,1-12,14,27-28H2,(H,34,35)(H,36,37)(H3,26,30,31,33). The van der Waals surface area contributed by atoms with E-state index in [0.717, 1.165) is 38.5 Å². The van der Waals surface area contributed by atoms with Gasteiger partial charge in [-0.25, -0.2) is 4.98 Å². The first kappa shape index (κ1) is 28.0. The Kier molecular flexibility index (Phi) is 8.38. The number of rotatable bonds is 9. The number of anilines is 1. The second kappa shape index (κ2) is 11.4. The molecule has 2 fully saturated rings. The molecule has 0 saturated heterocycles. The number of carbonyl (C=O) groups is 2. The number of fused-ring (bicyclic) bond motifs is 1. The fourth-order valence-electron chi connectivity index (χ4n) is 6.23. The first-order valence-electron chi connectivity index (χ1n) is 13.4. The van der Waals surface area contributed by atoms with E-state index in [2.05, 4.69) is 15.0 Å². The molecule has 4 rings (SSSR count). The zero-order valence-corrected chi connectivity index (χ0v) is 21.6. The van der Waals surface area contributed by atoms with Crippen molar-refractivity contribution in [1.29, 1.82) is 0 Å². The summed E-state index contributed by atoms with van der Waals surface area (Å²) in [5.41, 5.74) is 15.8. The minimum absolute atomic E-state index is 0.0359. The number of imidazole rings is 1. The Morgan fingerprint density at radius 3 is 2.11 bits per heavy atom. The molecule has 2 aliphatic carbocycles. The minimum atomic E-state index is -1.39. The third-order valence-corrected chi connectivity index (χ3v) is 8.58. The van der Waals surface area contributed by atoms with E-state index >= 15 is 0 Å². The van der Waals surface area contributed by atoms with E-state index < -0.39 is 34.7 Å². The average Bonchev–Trinajstić information content (AvgIpc) is 3.04. The second-order valence-corrected chi connectivity index (χ2v) is 11.0. The number of aliphatic carboxylic acids is 2. The molecule has 2 aliphatic rings. The molecule has 0 aromatic carbocycles. The molecule has 2 heterocycles. The molecule has 0 amide bonds. The number of aromatic amines is 1. The maximum Gasteiger partial charge on any atom is 0.323 e. The number of nitrogen functional groups attached to an aromatic ring is 1. The molecule has 9 N–H and O–H groups in total. The van der Waals surface area contributed by atoms with Gasteiger partial charge in [-0.05, 0) is 50.4 Å². The second-order valence-electron chi connectivity index (χ2n) is 11.0. The Balaban J connectivity index is 1.63. The lowest BCUT2D eigenvalue weighted by Gasteiger charge is -2.38. The number of ether oxygens (including phenoxy) is 1. The molecule has 2 aromatic heterocycles. The summed E-state index contributed by atoms with van der Waals surface area (Å²) in [6.45, 7) is -0.0359. The monoisotopic (exact) mass is 533 g/mol. The maximum atomic E-state index is 12.3. The Morgan fingerprint density at radius 1 is 1.03 bits per heavy atom. The highest BCUT2D eigenvalue weighted by Gasteiger charge is 2.46. The third kappa shape index (κ3) is 5.69. The summed E-state index contributed by atoms with van der Waals surface area (Å²) in [5, 5.41) is 20.1. The van der Waals surface area contributed by atoms with Crippen molar-refractivity contribution < 1.29 is 24.5 Å². The first-order chi connectivity index (χ1) is 18.0. The van der Waals surface area contributed by atoms with E-state index in [4.69, 9.17) is 21.9 Å². The summed E-state index contributed by atoms with van der Waals surface area (Å²) < 4.78 is 7.89. The largest absolute Gasteiger partial charge is 0.480 e. The molecule has 210 valence electrons. The normalized spacial score (nSPS) is 29.4. The van der Waals surface area contributed by atoms with Crippen LogP contribution in [-0.4, -0.2) is 58.9 Å². The van der Waals surface area contributed by atoms with Gasteiger partial charge in [0.05, 0.1) is 12.4 Å². The predicted molar refractivity (Wildman–Crippen MR) is 139 cm³/mol. The summed E-state index contributed by atoms with van der Waals surface area (Å²) in [6.07, 6.45) is 8.63. The van der Waals surface area contributed by atoms with Gasteiger partial charge in [-0.15, -0.1) is 0 Å². The van der Waals surface area contributed by atoms with E-state index in [9.17, 15) is 24.6 Å². The molecular weight excluding hydrogens is 494 g/mol. The summed E-state index contributed by atoms with van der Waals surface area (Å²) in [5.74, 6) is -2.83. The molecule has 4 atom stereocenters. The van der Waals surface area contributed by atoms with Crippen LogP contribution in [0, 0.1) is 11.8 Å². The molecule has 4 unspecified atom stereocenters. The number of hydrogen-bond donors (Lipinski definition) is 6. The van der Waals surface area contributed by atoms with Crippen molar-refractivity contribution in [3.05, 3.63) is 16.7 Å². The highest BCUT2D eigenvalue weighted by molar-refractivity contribution is 5.79. The van der Waals surface area contributed by atoms with Gasteiger partial charge in [-0.2, -0.15) is 4.98 Å². The molecule has 0 aliphatic heterocycles. The molecule has 2 aromatic rings. The Labute approximate surface area is 220 Å². The van der Waals surface area contributed by atoms with Crippen LogP contribution >= 0.6 is 0 Å². The van der Waals surface area contributed by atoms with Gasteiger partial charge in [0.2, 0.25) is 5.95 Å². The van der Waals surface area contributed by atoms with E-state index in [1.54, 1.807) is 4.57 Å². The maximum absolute atomic E-state index is 12.3. The zero-order valence-electron chi connectivity index (χ0n) is 21.6. The predicted octanol–water partition coefficient (Wildman–Crippen LogP) is 1.55. The molecular formula is C25H39N7O6. The lowest BCUT2D eigenvalue weighted by Crippen LogP contribution is -2.56. The van der Waals surface area contributed by atoms with Crippen molar-refractivity contribution in [2.45, 2.75) is 101 Å². The number of nitrogens with one attached hydrogen (secondary N) is 1. The summed E-state index contributed by atoms with van der Waals surface area (Å²) in [7, 11) is 0. The van der Waals surface area contributed by atoms with Gasteiger partial charge in [-0.1, -0.05) is 38.5 Å². The van der Waals surface area contributed by atoms with Crippen LogP contribution in [0.3, 0.4) is 0 Å². The number of hydrogen-bond acceptors (Lipinski definition) is 9. The van der Waals surface area contributed by atoms with Crippen LogP contribution in [0.25, 0.3) is 11.2 Å². The Morgan fingerprint density at radius 2 is 1.58 bits per heavy atom. The lowest BCUT2D eigenvalue weighted by molar-refractivity contribution is -0.147. The third-order valence-electron chi connectivity index (χ3n) is 8.58. The number of aromatic nitrogens is 4. The number of nitrogens with two attached hydrogens (primary N) is 3. The molecule has 0 radical (unpaired) electrons. The van der Waals surface area contributed by atoms with Gasteiger partial charge < -0.3 is 32.2 Å². The van der Waals surface area contributed by atoms with E-state index in [0.29, 0.717) is 38.5 Å². The quantitative estimate of drug-likeness (QED) is 0.253.